The molecule has 0 radical (unpaired) electrons. The molecule has 0 spiro atoms. The zero-order valence-electron chi connectivity index (χ0n) is 17.7. The summed E-state index contributed by atoms with van der Waals surface area (Å²) in [5.41, 5.74) is 1.02. The van der Waals surface area contributed by atoms with Gasteiger partial charge < -0.3 is 14.9 Å². The summed E-state index contributed by atoms with van der Waals surface area (Å²) in [4.78, 5) is 40.5. The summed E-state index contributed by atoms with van der Waals surface area (Å²) in [5.74, 6) is -2.37. The molecule has 33 heavy (non-hydrogen) atoms. The molecule has 0 saturated heterocycles. The number of phenolic OH excluding ortho intramolecular Hbond substituents is 1. The Morgan fingerprint density at radius 2 is 1.82 bits per heavy atom. The number of amides is 1. The average molecular weight is 464 g/mol. The highest BCUT2D eigenvalue weighted by Crippen LogP contribution is 2.42. The molecule has 3 aromatic rings. The first-order valence-corrected chi connectivity index (χ1v) is 11.2. The van der Waals surface area contributed by atoms with Crippen LogP contribution in [0.3, 0.4) is 0 Å². The normalized spacial score (nSPS) is 15.7. The number of esters is 1. The van der Waals surface area contributed by atoms with E-state index in [9.17, 15) is 24.6 Å². The molecule has 2 N–H and O–H groups in total. The van der Waals surface area contributed by atoms with Crippen molar-refractivity contribution < 1.29 is 29.3 Å². The Labute approximate surface area is 194 Å². The van der Waals surface area contributed by atoms with Crippen molar-refractivity contribution in [2.75, 3.05) is 11.5 Å². The van der Waals surface area contributed by atoms with Gasteiger partial charge in [-0.1, -0.05) is 31.2 Å². The predicted octanol–water partition coefficient (Wildman–Crippen LogP) is 4.80. The molecule has 1 aliphatic rings. The summed E-state index contributed by atoms with van der Waals surface area (Å²) in [6.07, 6.45) is 0.672. The van der Waals surface area contributed by atoms with Crippen molar-refractivity contribution in [3.63, 3.8) is 0 Å². The third kappa shape index (κ3) is 4.25. The molecular weight excluding hydrogens is 442 g/mol. The molecule has 168 valence electrons. The van der Waals surface area contributed by atoms with E-state index in [4.69, 9.17) is 4.74 Å². The van der Waals surface area contributed by atoms with Gasteiger partial charge in [-0.3, -0.25) is 14.5 Å². The summed E-state index contributed by atoms with van der Waals surface area (Å²) < 4.78 is 5.19. The highest BCUT2D eigenvalue weighted by Gasteiger charge is 2.45. The Bertz CT molecular complexity index is 1230. The Kier molecular flexibility index (Phi) is 6.28. The molecule has 1 aliphatic heterocycles. The highest BCUT2D eigenvalue weighted by molar-refractivity contribution is 7.12. The van der Waals surface area contributed by atoms with Crippen molar-refractivity contribution in [2.45, 2.75) is 19.4 Å². The summed E-state index contributed by atoms with van der Waals surface area (Å²) in [5, 5.41) is 22.2. The maximum Gasteiger partial charge on any atom is 0.338 e. The first-order valence-electron chi connectivity index (χ1n) is 10.3. The number of ketones is 1. The van der Waals surface area contributed by atoms with Gasteiger partial charge in [0.25, 0.3) is 5.91 Å². The Morgan fingerprint density at radius 1 is 1.06 bits per heavy atom. The number of anilines is 1. The number of benzene rings is 2. The van der Waals surface area contributed by atoms with Crippen molar-refractivity contribution in [2.24, 2.45) is 0 Å². The summed E-state index contributed by atoms with van der Waals surface area (Å²) in [7, 11) is 0. The number of carbonyl (C=O) groups excluding carboxylic acids is 3. The highest BCUT2D eigenvalue weighted by atomic mass is 32.1. The number of ether oxygens (including phenoxy) is 1. The Morgan fingerprint density at radius 3 is 2.48 bits per heavy atom. The zero-order chi connectivity index (χ0) is 23.5. The fourth-order valence-electron chi connectivity index (χ4n) is 3.68. The third-order valence-corrected chi connectivity index (χ3v) is 6.07. The second kappa shape index (κ2) is 9.30. The predicted molar refractivity (Wildman–Crippen MR) is 124 cm³/mol. The topological polar surface area (TPSA) is 104 Å². The number of hydrogen-bond acceptors (Lipinski definition) is 7. The molecule has 7 nitrogen and oxygen atoms in total. The SMILES string of the molecule is CCCOC(=O)c1cccc(N2C(=O)C(O)=C(C(=O)c3cccs3)C2c2ccc(O)cc2)c1. The van der Waals surface area contributed by atoms with Gasteiger partial charge in [0, 0.05) is 5.69 Å². The van der Waals surface area contributed by atoms with Gasteiger partial charge in [0.05, 0.1) is 28.7 Å². The number of aliphatic hydroxyl groups excluding tert-OH is 1. The second-order valence-electron chi connectivity index (χ2n) is 7.42. The minimum Gasteiger partial charge on any atom is -0.508 e. The van der Waals surface area contributed by atoms with E-state index < -0.39 is 29.5 Å². The Balaban J connectivity index is 1.81. The molecule has 2 aromatic carbocycles. The van der Waals surface area contributed by atoms with Crippen LogP contribution < -0.4 is 4.90 Å². The van der Waals surface area contributed by atoms with Crippen LogP contribution in [0, 0.1) is 0 Å². The van der Waals surface area contributed by atoms with Crippen molar-refractivity contribution >= 4 is 34.7 Å². The van der Waals surface area contributed by atoms with Gasteiger partial charge in [-0.25, -0.2) is 4.79 Å². The number of carbonyl (C=O) groups is 3. The van der Waals surface area contributed by atoms with E-state index in [0.717, 1.165) is 0 Å². The number of rotatable bonds is 7. The van der Waals surface area contributed by atoms with Crippen LogP contribution in [-0.4, -0.2) is 34.5 Å². The standard InChI is InChI=1S/C25H21NO6S/c1-2-12-32-25(31)16-5-3-6-17(14-16)26-21(15-8-10-18(27)11-9-15)20(23(29)24(26)30)22(28)19-7-4-13-33-19/h3-11,13-14,21,27,29H,2,12H2,1H3. The van der Waals surface area contributed by atoms with Gasteiger partial charge in [0.1, 0.15) is 5.75 Å². The average Bonchev–Trinajstić information content (AvgIpc) is 3.45. The lowest BCUT2D eigenvalue weighted by Crippen LogP contribution is -2.31. The van der Waals surface area contributed by atoms with Crippen molar-refractivity contribution in [3.8, 4) is 5.75 Å². The second-order valence-corrected chi connectivity index (χ2v) is 8.37. The molecule has 0 saturated carbocycles. The van der Waals surface area contributed by atoms with Crippen molar-refractivity contribution in [1.29, 1.82) is 0 Å². The van der Waals surface area contributed by atoms with Gasteiger partial charge in [-0.2, -0.15) is 0 Å². The molecule has 1 amide bonds. The van der Waals surface area contributed by atoms with E-state index in [1.54, 1.807) is 47.8 Å². The third-order valence-electron chi connectivity index (χ3n) is 5.20. The molecule has 0 bridgehead atoms. The number of nitrogens with zero attached hydrogens (tertiary/aromatic N) is 1. The molecule has 1 aromatic heterocycles. The van der Waals surface area contributed by atoms with Gasteiger partial charge in [-0.15, -0.1) is 11.3 Å². The number of Topliss-reactive ketones (excluding diaryl/α,β-unsaturated/α-hetero) is 1. The zero-order valence-corrected chi connectivity index (χ0v) is 18.5. The number of phenols is 1. The molecule has 1 atom stereocenters. The van der Waals surface area contributed by atoms with Crippen molar-refractivity contribution in [1.82, 2.24) is 0 Å². The molecule has 8 heteroatoms. The van der Waals surface area contributed by atoms with Crippen LogP contribution in [0.25, 0.3) is 0 Å². The van der Waals surface area contributed by atoms with Crippen LogP contribution in [-0.2, 0) is 9.53 Å². The van der Waals surface area contributed by atoms with Crippen LogP contribution in [0.15, 0.2) is 77.4 Å². The van der Waals surface area contributed by atoms with E-state index in [2.05, 4.69) is 0 Å². The minimum absolute atomic E-state index is 0.0228. The number of hydrogen-bond donors (Lipinski definition) is 2. The minimum atomic E-state index is -0.949. The van der Waals surface area contributed by atoms with Crippen LogP contribution in [0.1, 0.15) is 45.0 Å². The van der Waals surface area contributed by atoms with Crippen LogP contribution in [0.5, 0.6) is 5.75 Å². The number of aromatic hydroxyl groups is 1. The van der Waals surface area contributed by atoms with Crippen LogP contribution >= 0.6 is 11.3 Å². The van der Waals surface area contributed by atoms with E-state index >= 15 is 0 Å². The largest absolute Gasteiger partial charge is 0.508 e. The van der Waals surface area contributed by atoms with Gasteiger partial charge >= 0.3 is 5.97 Å². The molecule has 0 fully saturated rings. The molecule has 4 rings (SSSR count). The fraction of sp³-hybridized carbons (Fsp3) is 0.160. The van der Waals surface area contributed by atoms with Crippen LogP contribution in [0.2, 0.25) is 0 Å². The van der Waals surface area contributed by atoms with Gasteiger partial charge in [0.2, 0.25) is 5.78 Å². The summed E-state index contributed by atoms with van der Waals surface area (Å²) in [6.45, 7) is 2.15. The lowest BCUT2D eigenvalue weighted by atomic mass is 9.95. The maximum absolute atomic E-state index is 13.3. The van der Waals surface area contributed by atoms with E-state index in [1.807, 2.05) is 6.92 Å². The summed E-state index contributed by atoms with van der Waals surface area (Å²) in [6, 6.07) is 14.7. The first kappa shape index (κ1) is 22.3. The quantitative estimate of drug-likeness (QED) is 0.385. The summed E-state index contributed by atoms with van der Waals surface area (Å²) >= 11 is 1.21. The van der Waals surface area contributed by atoms with E-state index in [-0.39, 0.29) is 23.5 Å². The lowest BCUT2D eigenvalue weighted by Gasteiger charge is -2.27. The molecule has 1 unspecified atom stereocenters. The number of aliphatic hydroxyl groups is 1. The van der Waals surface area contributed by atoms with Gasteiger partial charge in [0.15, 0.2) is 5.76 Å². The van der Waals surface area contributed by atoms with Crippen LogP contribution in [0.4, 0.5) is 5.69 Å². The monoisotopic (exact) mass is 463 g/mol. The maximum atomic E-state index is 13.3. The van der Waals surface area contributed by atoms with Crippen molar-refractivity contribution in [3.05, 3.63) is 93.4 Å². The fourth-order valence-corrected chi connectivity index (χ4v) is 4.35. The molecule has 0 aliphatic carbocycles. The molecule has 2 heterocycles. The van der Waals surface area contributed by atoms with E-state index in [0.29, 0.717) is 22.5 Å². The number of thiophene rings is 1. The van der Waals surface area contributed by atoms with Gasteiger partial charge in [-0.05, 0) is 53.8 Å². The van der Waals surface area contributed by atoms with E-state index in [1.165, 1.54) is 34.4 Å². The Hall–Kier alpha value is -3.91. The molecular formula is C25H21NO6S. The first-order chi connectivity index (χ1) is 15.9. The lowest BCUT2D eigenvalue weighted by molar-refractivity contribution is -0.117. The smallest absolute Gasteiger partial charge is 0.338 e.